The van der Waals surface area contributed by atoms with Gasteiger partial charge in [0.15, 0.2) is 0 Å². The van der Waals surface area contributed by atoms with E-state index in [-0.39, 0.29) is 18.9 Å². The summed E-state index contributed by atoms with van der Waals surface area (Å²) in [6, 6.07) is 1.82. The van der Waals surface area contributed by atoms with E-state index in [1.165, 1.54) is 11.3 Å². The first kappa shape index (κ1) is 8.58. The Bertz CT molecular complexity index is 148. The molecule has 4 heteroatoms. The molecule has 0 fully saturated rings. The van der Waals surface area contributed by atoms with Crippen LogP contribution in [-0.4, -0.2) is 0 Å². The number of hydrogen-bond donors (Lipinski definition) is 1. The monoisotopic (exact) mass is 183 g/mol. The minimum absolute atomic E-state index is 0. The number of nitrogen functional groups attached to an aromatic ring is 1. The summed E-state index contributed by atoms with van der Waals surface area (Å²) in [6.07, 6.45) is 0. The average molecular weight is 184 g/mol. The first-order chi connectivity index (χ1) is 3.29. The van der Waals surface area contributed by atoms with Crippen molar-refractivity contribution in [2.75, 3.05) is 5.73 Å². The van der Waals surface area contributed by atoms with Crippen LogP contribution in [0.25, 0.3) is 0 Å². The largest absolute Gasteiger partial charge is 1.00 e. The van der Waals surface area contributed by atoms with Gasteiger partial charge in [0.05, 0.1) is 0 Å². The number of hydrogen-bond acceptors (Lipinski definition) is 2. The second-order valence-electron chi connectivity index (χ2n) is 1.11. The predicted octanol–water partition coefficient (Wildman–Crippen LogP) is -1.10. The molecule has 1 nitrogen and oxygen atoms in total. The molecule has 1 aromatic rings. The normalized spacial score (nSPS) is 8.12. The Balaban J connectivity index is 0.000000490. The molecule has 2 N–H and O–H groups in total. The van der Waals surface area contributed by atoms with Crippen molar-refractivity contribution < 1.29 is 18.9 Å². The quantitative estimate of drug-likeness (QED) is 0.401. The van der Waals surface area contributed by atoms with Crippen molar-refractivity contribution >= 4 is 33.0 Å². The van der Waals surface area contributed by atoms with Crippen molar-refractivity contribution in [1.82, 2.24) is 0 Å². The molecule has 0 aliphatic carbocycles. The molecule has 8 heavy (non-hydrogen) atoms. The van der Waals surface area contributed by atoms with Crippen molar-refractivity contribution in [1.29, 1.82) is 0 Å². The number of anilines is 1. The number of nitrogens with two attached hydrogens (primary N) is 1. The van der Waals surface area contributed by atoms with Gasteiger partial charge >= 0.3 is 18.9 Å². The molecule has 0 radical (unpaired) electrons. The molecule has 0 aliphatic heterocycles. The zero-order valence-corrected chi connectivity index (χ0v) is 6.84. The van der Waals surface area contributed by atoms with Crippen LogP contribution < -0.4 is 24.6 Å². The minimum Gasteiger partial charge on any atom is -0.420 e. The standard InChI is InChI=1S/C4H3BrNS.Li/c5-4-1-3(6)2-7-4;/h1H,6H2;/q-1;+1. The smallest absolute Gasteiger partial charge is 0.420 e. The third-order valence-electron chi connectivity index (χ3n) is 0.535. The molecule has 0 saturated carbocycles. The van der Waals surface area contributed by atoms with Crippen LogP contribution >= 0.6 is 27.3 Å². The Labute approximate surface area is 72.6 Å². The van der Waals surface area contributed by atoms with Gasteiger partial charge in [0.25, 0.3) is 0 Å². The summed E-state index contributed by atoms with van der Waals surface area (Å²) in [6.45, 7) is 0. The van der Waals surface area contributed by atoms with Gasteiger partial charge in [-0.2, -0.15) is 6.07 Å². The number of rotatable bonds is 0. The molecular formula is C4H3BrLiNS. The van der Waals surface area contributed by atoms with Crippen LogP contribution in [0.1, 0.15) is 0 Å². The molecule has 0 atom stereocenters. The average Bonchev–Trinajstić information content (AvgIpc) is 1.87. The van der Waals surface area contributed by atoms with Crippen LogP contribution in [0.3, 0.4) is 0 Å². The van der Waals surface area contributed by atoms with E-state index in [4.69, 9.17) is 5.73 Å². The van der Waals surface area contributed by atoms with E-state index in [2.05, 4.69) is 21.3 Å². The van der Waals surface area contributed by atoms with Crippen molar-refractivity contribution in [2.45, 2.75) is 0 Å². The van der Waals surface area contributed by atoms with Gasteiger partial charge in [0.2, 0.25) is 0 Å². The summed E-state index contributed by atoms with van der Waals surface area (Å²) in [5, 5.41) is 2.84. The molecule has 1 rings (SSSR count). The summed E-state index contributed by atoms with van der Waals surface area (Å²) in [7, 11) is 0. The third kappa shape index (κ3) is 2.23. The fraction of sp³-hybridized carbons (Fsp3) is 0. The second kappa shape index (κ2) is 3.57. The molecule has 0 aromatic carbocycles. The van der Waals surface area contributed by atoms with Crippen LogP contribution in [0.2, 0.25) is 0 Å². The summed E-state index contributed by atoms with van der Waals surface area (Å²) in [5.74, 6) is 0. The van der Waals surface area contributed by atoms with E-state index in [1.54, 1.807) is 0 Å². The maximum absolute atomic E-state index is 5.30. The van der Waals surface area contributed by atoms with Crippen LogP contribution in [0.5, 0.6) is 0 Å². The van der Waals surface area contributed by atoms with Crippen molar-refractivity contribution in [3.63, 3.8) is 0 Å². The van der Waals surface area contributed by atoms with Crippen molar-refractivity contribution in [3.8, 4) is 0 Å². The van der Waals surface area contributed by atoms with Crippen LogP contribution in [0, 0.1) is 5.38 Å². The molecule has 1 aromatic heterocycles. The van der Waals surface area contributed by atoms with Gasteiger partial charge < -0.3 is 5.73 Å². The summed E-state index contributed by atoms with van der Waals surface area (Å²) in [5.41, 5.74) is 6.01. The van der Waals surface area contributed by atoms with E-state index in [0.29, 0.717) is 5.69 Å². The Morgan fingerprint density at radius 1 is 1.75 bits per heavy atom. The summed E-state index contributed by atoms with van der Waals surface area (Å²) < 4.78 is 1.03. The van der Waals surface area contributed by atoms with E-state index in [1.807, 2.05) is 6.07 Å². The van der Waals surface area contributed by atoms with Gasteiger partial charge in [0.1, 0.15) is 0 Å². The first-order valence-electron chi connectivity index (χ1n) is 1.71. The minimum atomic E-state index is 0. The molecule has 1 heterocycles. The van der Waals surface area contributed by atoms with Crippen molar-refractivity contribution in [2.24, 2.45) is 0 Å². The summed E-state index contributed by atoms with van der Waals surface area (Å²) >= 11 is 4.71. The van der Waals surface area contributed by atoms with Gasteiger partial charge in [-0.1, -0.05) is 14.9 Å². The Morgan fingerprint density at radius 2 is 2.38 bits per heavy atom. The topological polar surface area (TPSA) is 26.0 Å². The van der Waals surface area contributed by atoms with E-state index in [9.17, 15) is 0 Å². The maximum Gasteiger partial charge on any atom is 1.00 e. The Hall–Kier alpha value is 0.577. The first-order valence-corrected chi connectivity index (χ1v) is 3.32. The molecular weight excluding hydrogens is 181 g/mol. The fourth-order valence-corrected chi connectivity index (χ4v) is 1.24. The molecule has 0 saturated heterocycles. The Kier molecular flexibility index (Phi) is 3.83. The summed E-state index contributed by atoms with van der Waals surface area (Å²) in [4.78, 5) is 0. The van der Waals surface area contributed by atoms with Gasteiger partial charge in [0, 0.05) is 0 Å². The van der Waals surface area contributed by atoms with E-state index >= 15 is 0 Å². The molecule has 0 unspecified atom stereocenters. The number of halogens is 1. The second-order valence-corrected chi connectivity index (χ2v) is 3.34. The van der Waals surface area contributed by atoms with Gasteiger partial charge in [-0.3, -0.25) is 11.3 Å². The van der Waals surface area contributed by atoms with Gasteiger partial charge in [-0.15, -0.1) is 15.9 Å². The fourth-order valence-electron chi connectivity index (χ4n) is 0.289. The molecule has 38 valence electrons. The van der Waals surface area contributed by atoms with Gasteiger partial charge in [-0.25, -0.2) is 0 Å². The zero-order chi connectivity index (χ0) is 5.28. The van der Waals surface area contributed by atoms with Crippen LogP contribution in [0.15, 0.2) is 9.85 Å². The third-order valence-corrected chi connectivity index (χ3v) is 1.90. The van der Waals surface area contributed by atoms with Gasteiger partial charge in [-0.05, 0) is 0 Å². The predicted molar refractivity (Wildman–Crippen MR) is 35.3 cm³/mol. The van der Waals surface area contributed by atoms with Crippen molar-refractivity contribution in [3.05, 3.63) is 15.2 Å². The Morgan fingerprint density at radius 3 is 2.50 bits per heavy atom. The van der Waals surface area contributed by atoms with E-state index < -0.39 is 0 Å². The molecule has 0 spiro atoms. The maximum atomic E-state index is 5.30. The molecule has 0 aliphatic rings. The zero-order valence-electron chi connectivity index (χ0n) is 4.44. The molecule has 0 amide bonds. The van der Waals surface area contributed by atoms with Crippen LogP contribution in [0.4, 0.5) is 5.69 Å². The number of thiophene rings is 1. The van der Waals surface area contributed by atoms with Crippen LogP contribution in [-0.2, 0) is 0 Å². The SMILES string of the molecule is Nc1[c-]sc(Br)c1.[Li+]. The molecule has 0 bridgehead atoms. The van der Waals surface area contributed by atoms with E-state index in [0.717, 1.165) is 3.79 Å².